The number of carbonyl (C=O) groups excluding carboxylic acids is 1. The second-order valence-corrected chi connectivity index (χ2v) is 5.74. The number of benzene rings is 1. The molecule has 1 aromatic rings. The number of hydrogen-bond acceptors (Lipinski definition) is 4. The summed E-state index contributed by atoms with van der Waals surface area (Å²) in [5, 5.41) is 14.0. The van der Waals surface area contributed by atoms with Crippen LogP contribution in [0.15, 0.2) is 24.3 Å². The van der Waals surface area contributed by atoms with E-state index in [0.717, 1.165) is 25.7 Å². The molecule has 1 amide bonds. The van der Waals surface area contributed by atoms with Crippen LogP contribution in [0.3, 0.4) is 0 Å². The summed E-state index contributed by atoms with van der Waals surface area (Å²) in [5.41, 5.74) is 5.36. The molecule has 21 heavy (non-hydrogen) atoms. The van der Waals surface area contributed by atoms with Crippen LogP contribution < -0.4 is 11.1 Å². The van der Waals surface area contributed by atoms with Crippen LogP contribution in [0.1, 0.15) is 43.0 Å². The minimum atomic E-state index is -0.533. The predicted octanol–water partition coefficient (Wildman–Crippen LogP) is 2.23. The van der Waals surface area contributed by atoms with E-state index in [0.29, 0.717) is 6.54 Å². The molecule has 0 aromatic heterocycles. The highest BCUT2D eigenvalue weighted by molar-refractivity contribution is 5.98. The van der Waals surface area contributed by atoms with Crippen molar-refractivity contribution in [3.8, 4) is 0 Å². The van der Waals surface area contributed by atoms with Crippen LogP contribution in [0.2, 0.25) is 0 Å². The molecule has 1 saturated carbocycles. The monoisotopic (exact) mass is 291 g/mol. The third kappa shape index (κ3) is 3.05. The fourth-order valence-corrected chi connectivity index (χ4v) is 3.07. The lowest BCUT2D eigenvalue weighted by atomic mass is 9.73. The lowest BCUT2D eigenvalue weighted by Crippen LogP contribution is -2.59. The van der Waals surface area contributed by atoms with Crippen molar-refractivity contribution >= 4 is 11.6 Å². The van der Waals surface area contributed by atoms with Crippen LogP contribution in [0.4, 0.5) is 5.69 Å². The second-order valence-electron chi connectivity index (χ2n) is 5.74. The zero-order valence-corrected chi connectivity index (χ0v) is 12.2. The van der Waals surface area contributed by atoms with Gasteiger partial charge in [0.1, 0.15) is 5.56 Å². The van der Waals surface area contributed by atoms with Crippen molar-refractivity contribution in [2.24, 2.45) is 11.7 Å². The number of amides is 1. The largest absolute Gasteiger partial charge is 0.345 e. The minimum absolute atomic E-state index is 0.0908. The Bertz CT molecular complexity index is 547. The number of nitrogens with one attached hydrogen (secondary N) is 1. The quantitative estimate of drug-likeness (QED) is 0.656. The van der Waals surface area contributed by atoms with Crippen molar-refractivity contribution in [1.82, 2.24) is 5.32 Å². The Morgan fingerprint density at radius 1 is 1.48 bits per heavy atom. The fraction of sp³-hybridized carbons (Fsp3) is 0.533. The van der Waals surface area contributed by atoms with Gasteiger partial charge in [-0.25, -0.2) is 0 Å². The van der Waals surface area contributed by atoms with Crippen molar-refractivity contribution in [3.63, 3.8) is 0 Å². The van der Waals surface area contributed by atoms with E-state index in [-0.39, 0.29) is 17.2 Å². The summed E-state index contributed by atoms with van der Waals surface area (Å²) < 4.78 is 0. The van der Waals surface area contributed by atoms with Gasteiger partial charge < -0.3 is 11.1 Å². The lowest BCUT2D eigenvalue weighted by molar-refractivity contribution is -0.385. The highest BCUT2D eigenvalue weighted by atomic mass is 16.6. The van der Waals surface area contributed by atoms with Crippen LogP contribution in [-0.2, 0) is 0 Å². The summed E-state index contributed by atoms with van der Waals surface area (Å²) in [7, 11) is 0. The zero-order chi connectivity index (χ0) is 15.5. The number of nitro benzene ring substituents is 1. The Kier molecular flexibility index (Phi) is 4.57. The molecular weight excluding hydrogens is 270 g/mol. The van der Waals surface area contributed by atoms with Gasteiger partial charge in [0.05, 0.1) is 10.5 Å². The number of para-hydroxylation sites is 1. The van der Waals surface area contributed by atoms with Crippen molar-refractivity contribution in [3.05, 3.63) is 39.9 Å². The van der Waals surface area contributed by atoms with Crippen LogP contribution in [-0.4, -0.2) is 22.9 Å². The number of nitrogens with two attached hydrogens (primary N) is 1. The smallest absolute Gasteiger partial charge is 0.282 e. The molecule has 114 valence electrons. The highest BCUT2D eigenvalue weighted by Gasteiger charge is 2.39. The van der Waals surface area contributed by atoms with Crippen LogP contribution in [0.25, 0.3) is 0 Å². The Morgan fingerprint density at radius 3 is 2.81 bits per heavy atom. The van der Waals surface area contributed by atoms with Crippen molar-refractivity contribution in [1.29, 1.82) is 0 Å². The van der Waals surface area contributed by atoms with Gasteiger partial charge in [-0.2, -0.15) is 0 Å². The average Bonchev–Trinajstić information content (AvgIpc) is 2.49. The number of hydrogen-bond donors (Lipinski definition) is 2. The minimum Gasteiger partial charge on any atom is -0.345 e. The summed E-state index contributed by atoms with van der Waals surface area (Å²) in [5.74, 6) is -0.149. The van der Waals surface area contributed by atoms with Gasteiger partial charge in [-0.05, 0) is 24.8 Å². The Labute approximate surface area is 123 Å². The third-order valence-electron chi connectivity index (χ3n) is 4.53. The van der Waals surface area contributed by atoms with Gasteiger partial charge in [0.15, 0.2) is 0 Å². The molecule has 1 aliphatic carbocycles. The van der Waals surface area contributed by atoms with E-state index in [9.17, 15) is 14.9 Å². The summed E-state index contributed by atoms with van der Waals surface area (Å²) in [6.45, 7) is 2.42. The molecule has 1 aromatic carbocycles. The molecule has 0 spiro atoms. The van der Waals surface area contributed by atoms with E-state index >= 15 is 0 Å². The van der Waals surface area contributed by atoms with Gasteiger partial charge in [0.25, 0.3) is 11.6 Å². The molecule has 0 radical (unpaired) electrons. The molecule has 6 heteroatoms. The van der Waals surface area contributed by atoms with Gasteiger partial charge in [-0.15, -0.1) is 0 Å². The average molecular weight is 291 g/mol. The molecule has 2 unspecified atom stereocenters. The molecule has 2 atom stereocenters. The summed E-state index contributed by atoms with van der Waals surface area (Å²) in [4.78, 5) is 23.0. The molecule has 0 bridgehead atoms. The number of nitro groups is 1. The standard InChI is InChI=1S/C15H21N3O3/c1-11-6-4-5-9-15(11,10-16)17-14(19)12-7-2-3-8-13(12)18(20)21/h2-3,7-8,11H,4-6,9-10,16H2,1H3,(H,17,19). The van der Waals surface area contributed by atoms with Crippen molar-refractivity contribution < 1.29 is 9.72 Å². The van der Waals surface area contributed by atoms with Crippen LogP contribution >= 0.6 is 0 Å². The first-order chi connectivity index (χ1) is 10.00. The van der Waals surface area contributed by atoms with Crippen molar-refractivity contribution in [2.45, 2.75) is 38.1 Å². The molecular formula is C15H21N3O3. The zero-order valence-electron chi connectivity index (χ0n) is 12.2. The molecule has 2 rings (SSSR count). The van der Waals surface area contributed by atoms with Crippen LogP contribution in [0.5, 0.6) is 0 Å². The van der Waals surface area contributed by atoms with E-state index in [2.05, 4.69) is 12.2 Å². The Hall–Kier alpha value is -1.95. The van der Waals surface area contributed by atoms with Gasteiger partial charge in [-0.1, -0.05) is 31.9 Å². The van der Waals surface area contributed by atoms with Gasteiger partial charge in [0, 0.05) is 12.6 Å². The summed E-state index contributed by atoms with van der Waals surface area (Å²) in [6.07, 6.45) is 3.97. The first-order valence-electron chi connectivity index (χ1n) is 7.26. The van der Waals surface area contributed by atoms with Gasteiger partial charge in [-0.3, -0.25) is 14.9 Å². The highest BCUT2D eigenvalue weighted by Crippen LogP contribution is 2.33. The maximum Gasteiger partial charge on any atom is 0.282 e. The predicted molar refractivity (Wildman–Crippen MR) is 80.0 cm³/mol. The van der Waals surface area contributed by atoms with E-state index in [1.807, 2.05) is 0 Å². The van der Waals surface area contributed by atoms with E-state index in [1.165, 1.54) is 12.1 Å². The van der Waals surface area contributed by atoms with Crippen molar-refractivity contribution in [2.75, 3.05) is 6.54 Å². The number of nitrogens with zero attached hydrogens (tertiary/aromatic N) is 1. The molecule has 1 fully saturated rings. The van der Waals surface area contributed by atoms with E-state index in [4.69, 9.17) is 5.73 Å². The molecule has 0 aliphatic heterocycles. The Morgan fingerprint density at radius 2 is 2.19 bits per heavy atom. The van der Waals surface area contributed by atoms with Gasteiger partial charge >= 0.3 is 0 Å². The molecule has 6 nitrogen and oxygen atoms in total. The summed E-state index contributed by atoms with van der Waals surface area (Å²) >= 11 is 0. The first-order valence-corrected chi connectivity index (χ1v) is 7.26. The second kappa shape index (κ2) is 6.22. The third-order valence-corrected chi connectivity index (χ3v) is 4.53. The van der Waals surface area contributed by atoms with E-state index < -0.39 is 16.4 Å². The SMILES string of the molecule is CC1CCCCC1(CN)NC(=O)c1ccccc1[N+](=O)[O-]. The molecule has 1 aliphatic rings. The van der Waals surface area contributed by atoms with Gasteiger partial charge in [0.2, 0.25) is 0 Å². The number of rotatable bonds is 4. The first kappa shape index (κ1) is 15.4. The fourth-order valence-electron chi connectivity index (χ4n) is 3.07. The molecule has 0 heterocycles. The van der Waals surface area contributed by atoms with E-state index in [1.54, 1.807) is 12.1 Å². The number of carbonyl (C=O) groups is 1. The molecule has 0 saturated heterocycles. The normalized spacial score (nSPS) is 25.3. The molecule has 3 N–H and O–H groups in total. The Balaban J connectivity index is 2.26. The maximum absolute atomic E-state index is 12.5. The van der Waals surface area contributed by atoms with Crippen LogP contribution in [0, 0.1) is 16.0 Å². The maximum atomic E-state index is 12.5. The topological polar surface area (TPSA) is 98.3 Å². The summed E-state index contributed by atoms with van der Waals surface area (Å²) in [6, 6.07) is 6.00. The lowest BCUT2D eigenvalue weighted by Gasteiger charge is -2.42.